The highest BCUT2D eigenvalue weighted by molar-refractivity contribution is 5.90. The fourth-order valence-electron chi connectivity index (χ4n) is 6.82. The molecule has 0 aromatic carbocycles. The number of aliphatic imine (C=N–C) groups is 1. The molecule has 0 aliphatic carbocycles. The van der Waals surface area contributed by atoms with E-state index in [1.807, 2.05) is 31.4 Å². The fourth-order valence-corrected chi connectivity index (χ4v) is 6.82. The molecule has 2 aliphatic rings. The van der Waals surface area contributed by atoms with Crippen LogP contribution in [0.1, 0.15) is 98.2 Å². The monoisotopic (exact) mass is 731 g/mol. The standard InChI is InChI=1S/C39H49N5O9/c1-8-25-21(5)28(14-27-20(4)24(18-40-27)10-11-34(45)46)41-31(25)15-29-22(6)26(9-2)32(42-29)16-30-23(7)36(39(51)52)37(43-30)19(3)12-13-53-44-33(38(49)50)17-35(47)48/h8,14-16,18,20,24,32-33,41-44H,1,9-13,17H2,2-7H3,(H,45,46)(H,47,48)(H,49,50)(H,51,52)/b27-14-,29-15-,30-16-,37-19+. The Morgan fingerprint density at radius 2 is 1.74 bits per heavy atom. The summed E-state index contributed by atoms with van der Waals surface area (Å²) >= 11 is 0. The van der Waals surface area contributed by atoms with Crippen molar-refractivity contribution in [2.24, 2.45) is 16.8 Å². The number of carboxylic acids is 4. The molecule has 0 amide bonds. The van der Waals surface area contributed by atoms with Gasteiger partial charge in [0.25, 0.3) is 0 Å². The van der Waals surface area contributed by atoms with Crippen LogP contribution in [0.5, 0.6) is 0 Å². The molecular formula is C39H49N5O9. The van der Waals surface area contributed by atoms with Crippen molar-refractivity contribution >= 4 is 60.0 Å². The molecule has 0 spiro atoms. The molecule has 0 saturated carbocycles. The topological polar surface area (TPSA) is 226 Å². The van der Waals surface area contributed by atoms with Gasteiger partial charge < -0.3 is 40.5 Å². The lowest BCUT2D eigenvalue weighted by Gasteiger charge is -2.12. The van der Waals surface area contributed by atoms with Crippen LogP contribution >= 0.6 is 0 Å². The summed E-state index contributed by atoms with van der Waals surface area (Å²) in [4.78, 5) is 62.4. The van der Waals surface area contributed by atoms with E-state index in [1.54, 1.807) is 13.8 Å². The Hall–Kier alpha value is -5.47. The average Bonchev–Trinajstić information content (AvgIpc) is 3.79. The molecule has 14 heteroatoms. The third-order valence-corrected chi connectivity index (χ3v) is 10.1. The number of rotatable bonds is 17. The highest BCUT2D eigenvalue weighted by Crippen LogP contribution is 2.34. The van der Waals surface area contributed by atoms with E-state index in [1.165, 1.54) is 0 Å². The number of nitrogens with zero attached hydrogens (tertiary/aromatic N) is 1. The summed E-state index contributed by atoms with van der Waals surface area (Å²) in [7, 11) is 0. The second-order valence-electron chi connectivity index (χ2n) is 13.5. The van der Waals surface area contributed by atoms with Gasteiger partial charge in [-0.2, -0.15) is 5.48 Å². The normalized spacial score (nSPS) is 21.4. The Bertz CT molecular complexity index is 2050. The van der Waals surface area contributed by atoms with Gasteiger partial charge in [0.1, 0.15) is 6.04 Å². The molecule has 0 fully saturated rings. The summed E-state index contributed by atoms with van der Waals surface area (Å²) in [5.41, 5.74) is 11.3. The maximum atomic E-state index is 12.4. The van der Waals surface area contributed by atoms with Gasteiger partial charge in [-0.15, -0.1) is 0 Å². The van der Waals surface area contributed by atoms with E-state index in [4.69, 9.17) is 15.1 Å². The van der Waals surface area contributed by atoms with Crippen molar-refractivity contribution in [1.29, 1.82) is 0 Å². The van der Waals surface area contributed by atoms with Gasteiger partial charge in [-0.05, 0) is 93.0 Å². The third kappa shape index (κ3) is 9.31. The largest absolute Gasteiger partial charge is 0.481 e. The molecule has 8 N–H and O–H groups in total. The maximum absolute atomic E-state index is 12.4. The number of carboxylic acid groups (broad SMARTS) is 4. The van der Waals surface area contributed by atoms with Crippen molar-refractivity contribution in [3.63, 3.8) is 0 Å². The number of carbonyl (C=O) groups is 4. The molecule has 2 aromatic rings. The number of hydrogen-bond acceptors (Lipinski definition) is 8. The fraction of sp³-hybridized carbons (Fsp3) is 0.410. The lowest BCUT2D eigenvalue weighted by molar-refractivity contribution is -0.150. The Balaban J connectivity index is 1.61. The van der Waals surface area contributed by atoms with Gasteiger partial charge in [0, 0.05) is 58.2 Å². The number of hydroxylamine groups is 1. The van der Waals surface area contributed by atoms with Gasteiger partial charge in [-0.3, -0.25) is 19.4 Å². The summed E-state index contributed by atoms with van der Waals surface area (Å²) < 4.78 is 0. The van der Waals surface area contributed by atoms with Crippen molar-refractivity contribution in [1.82, 2.24) is 20.8 Å². The third-order valence-electron chi connectivity index (χ3n) is 10.1. The first-order chi connectivity index (χ1) is 25.1. The van der Waals surface area contributed by atoms with Crippen LogP contribution in [0.2, 0.25) is 0 Å². The van der Waals surface area contributed by atoms with Gasteiger partial charge in [-0.25, -0.2) is 4.79 Å². The molecule has 4 atom stereocenters. The van der Waals surface area contributed by atoms with Crippen LogP contribution in [0.15, 0.2) is 34.1 Å². The van der Waals surface area contributed by atoms with E-state index in [9.17, 15) is 29.4 Å². The molecule has 4 heterocycles. The number of aromatic amines is 2. The smallest absolute Gasteiger partial charge is 0.338 e. The molecule has 0 radical (unpaired) electrons. The van der Waals surface area contributed by atoms with Gasteiger partial charge in [0.2, 0.25) is 0 Å². The molecule has 0 bridgehead atoms. The van der Waals surface area contributed by atoms with Crippen molar-refractivity contribution in [3.05, 3.63) is 73.5 Å². The Labute approximate surface area is 307 Å². The van der Waals surface area contributed by atoms with E-state index in [0.29, 0.717) is 28.3 Å². The number of aromatic nitrogens is 2. The predicted molar refractivity (Wildman–Crippen MR) is 202 cm³/mol. The number of H-pyrrole nitrogens is 2. The minimum atomic E-state index is -1.43. The van der Waals surface area contributed by atoms with Crippen LogP contribution in [0.3, 0.4) is 0 Å². The predicted octanol–water partition coefficient (Wildman–Crippen LogP) is 4.37. The number of allylic oxidation sites excluding steroid dienone is 2. The van der Waals surface area contributed by atoms with E-state index in [-0.39, 0.29) is 42.9 Å². The van der Waals surface area contributed by atoms with E-state index < -0.39 is 36.3 Å². The van der Waals surface area contributed by atoms with Crippen LogP contribution in [0.25, 0.3) is 29.9 Å². The lowest BCUT2D eigenvalue weighted by Crippen LogP contribution is -2.38. The van der Waals surface area contributed by atoms with Crippen LogP contribution in [-0.4, -0.2) is 79.2 Å². The highest BCUT2D eigenvalue weighted by Gasteiger charge is 2.27. The summed E-state index contributed by atoms with van der Waals surface area (Å²) in [5, 5.41) is 42.1. The summed E-state index contributed by atoms with van der Waals surface area (Å²) in [6.45, 7) is 15.7. The zero-order valence-electron chi connectivity index (χ0n) is 30.9. The molecule has 2 aliphatic heterocycles. The van der Waals surface area contributed by atoms with Crippen molar-refractivity contribution in [2.75, 3.05) is 6.61 Å². The molecule has 2 aromatic heterocycles. The maximum Gasteiger partial charge on any atom is 0.338 e. The summed E-state index contributed by atoms with van der Waals surface area (Å²) in [6, 6.07) is -1.65. The minimum Gasteiger partial charge on any atom is -0.481 e. The molecule has 4 unspecified atom stereocenters. The Kier molecular flexibility index (Phi) is 13.2. The number of aliphatic carboxylic acids is 3. The SMILES string of the molecule is C=Cc1c(/C=C2\NC(/C=c3\[nH]/c(=C(\C)CCONC(CC(=O)O)C(=O)O)c(C(=O)O)c3C)C(CC)=C2C)[nH]c(/C=C2\N=CC(CCC(=O)O)C2C)c1C. The molecule has 284 valence electrons. The number of hydrogen-bond donors (Lipinski definition) is 8. The first-order valence-electron chi connectivity index (χ1n) is 17.5. The second kappa shape index (κ2) is 17.4. The van der Waals surface area contributed by atoms with Gasteiger partial charge in [-0.1, -0.05) is 26.5 Å². The molecular weight excluding hydrogens is 682 g/mol. The zero-order chi connectivity index (χ0) is 39.1. The molecule has 4 rings (SSSR count). The van der Waals surface area contributed by atoms with Gasteiger partial charge >= 0.3 is 23.9 Å². The van der Waals surface area contributed by atoms with Gasteiger partial charge in [0.15, 0.2) is 0 Å². The van der Waals surface area contributed by atoms with Crippen molar-refractivity contribution < 1.29 is 44.4 Å². The zero-order valence-corrected chi connectivity index (χ0v) is 30.9. The molecule has 53 heavy (non-hydrogen) atoms. The number of nitrogens with one attached hydrogen (secondary N) is 4. The Morgan fingerprint density at radius 3 is 2.34 bits per heavy atom. The average molecular weight is 732 g/mol. The summed E-state index contributed by atoms with van der Waals surface area (Å²) in [5.74, 6) is -4.41. The number of aromatic carboxylic acids is 1. The second-order valence-corrected chi connectivity index (χ2v) is 13.5. The van der Waals surface area contributed by atoms with Crippen molar-refractivity contribution in [2.45, 2.75) is 85.7 Å². The van der Waals surface area contributed by atoms with Crippen LogP contribution in [0.4, 0.5) is 0 Å². The van der Waals surface area contributed by atoms with E-state index in [2.05, 4.69) is 59.2 Å². The summed E-state index contributed by atoms with van der Waals surface area (Å²) in [6.07, 6.45) is 10.7. The van der Waals surface area contributed by atoms with Crippen LogP contribution in [-0.2, 0) is 19.2 Å². The van der Waals surface area contributed by atoms with Crippen LogP contribution in [0, 0.1) is 25.7 Å². The first kappa shape index (κ1) is 40.3. The van der Waals surface area contributed by atoms with Gasteiger partial charge in [0.05, 0.1) is 30.0 Å². The van der Waals surface area contributed by atoms with Crippen molar-refractivity contribution in [3.8, 4) is 0 Å². The minimum absolute atomic E-state index is 0.0189. The molecule has 0 saturated heterocycles. The Morgan fingerprint density at radius 1 is 1.02 bits per heavy atom. The first-order valence-corrected chi connectivity index (χ1v) is 17.5. The highest BCUT2D eigenvalue weighted by atomic mass is 16.6. The lowest BCUT2D eigenvalue weighted by atomic mass is 9.90. The van der Waals surface area contributed by atoms with E-state index in [0.717, 1.165) is 51.5 Å². The van der Waals surface area contributed by atoms with E-state index >= 15 is 0 Å². The molecule has 14 nitrogen and oxygen atoms in total. The quantitative estimate of drug-likeness (QED) is 0.0842. The van der Waals surface area contributed by atoms with Crippen LogP contribution < -0.4 is 21.5 Å².